The van der Waals surface area contributed by atoms with Crippen LogP contribution >= 0.6 is 0 Å². The molecule has 7 nitrogen and oxygen atoms in total. The van der Waals surface area contributed by atoms with E-state index in [2.05, 4.69) is 10.1 Å². The molecule has 0 spiro atoms. The Hall–Kier alpha value is -2.67. The second-order valence-electron chi connectivity index (χ2n) is 5.57. The van der Waals surface area contributed by atoms with E-state index in [1.54, 1.807) is 11.9 Å². The third-order valence-corrected chi connectivity index (χ3v) is 3.73. The summed E-state index contributed by atoms with van der Waals surface area (Å²) in [5, 5.41) is 3.90. The third kappa shape index (κ3) is 3.30. The second-order valence-corrected chi connectivity index (χ2v) is 5.57. The Bertz CT molecular complexity index is 806. The molecule has 3 heterocycles. The van der Waals surface area contributed by atoms with Crippen molar-refractivity contribution in [1.29, 1.82) is 0 Å². The Labute approximate surface area is 139 Å². The number of hydrogen-bond acceptors (Lipinski definition) is 5. The topological polar surface area (TPSA) is 72.9 Å². The fourth-order valence-electron chi connectivity index (χ4n) is 2.49. The molecular weight excluding hydrogens is 308 g/mol. The van der Waals surface area contributed by atoms with Gasteiger partial charge in [-0.25, -0.2) is 0 Å². The van der Waals surface area contributed by atoms with E-state index < -0.39 is 0 Å². The average molecular weight is 328 g/mol. The van der Waals surface area contributed by atoms with Gasteiger partial charge in [0.2, 0.25) is 5.89 Å². The van der Waals surface area contributed by atoms with E-state index in [0.717, 1.165) is 5.52 Å². The van der Waals surface area contributed by atoms with Gasteiger partial charge in [-0.05, 0) is 32.0 Å². The fourth-order valence-corrected chi connectivity index (χ4v) is 2.49. The zero-order valence-electron chi connectivity index (χ0n) is 14.0. The lowest BCUT2D eigenvalue weighted by atomic mass is 10.3. The molecule has 0 aliphatic heterocycles. The normalized spacial score (nSPS) is 12.5. The molecule has 0 N–H and O–H groups in total. The molecule has 1 unspecified atom stereocenters. The molecule has 3 aromatic rings. The maximum atomic E-state index is 12.6. The SMILES string of the molecule is CCOC(C)c1noc(CN(C)C(=O)c2cc3ccccn3c2)n1. The number of carbonyl (C=O) groups is 1. The van der Waals surface area contributed by atoms with Crippen molar-refractivity contribution in [1.82, 2.24) is 19.4 Å². The number of carbonyl (C=O) groups excluding carboxylic acids is 1. The van der Waals surface area contributed by atoms with Crippen LogP contribution in [0.15, 0.2) is 41.2 Å². The monoisotopic (exact) mass is 328 g/mol. The second kappa shape index (κ2) is 6.84. The van der Waals surface area contributed by atoms with E-state index in [1.165, 1.54) is 0 Å². The minimum atomic E-state index is -0.231. The van der Waals surface area contributed by atoms with E-state index in [4.69, 9.17) is 9.26 Å². The number of rotatable bonds is 6. The number of amides is 1. The number of nitrogens with zero attached hydrogens (tertiary/aromatic N) is 4. The minimum absolute atomic E-state index is 0.101. The first-order chi connectivity index (χ1) is 11.6. The van der Waals surface area contributed by atoms with Crippen LogP contribution in [0.2, 0.25) is 0 Å². The van der Waals surface area contributed by atoms with Crippen LogP contribution in [0, 0.1) is 0 Å². The molecule has 3 aromatic heterocycles. The van der Waals surface area contributed by atoms with E-state index in [9.17, 15) is 4.79 Å². The first-order valence-corrected chi connectivity index (χ1v) is 7.84. The Kier molecular flexibility index (Phi) is 4.61. The summed E-state index contributed by atoms with van der Waals surface area (Å²) < 4.78 is 12.5. The van der Waals surface area contributed by atoms with Crippen LogP contribution < -0.4 is 0 Å². The van der Waals surface area contributed by atoms with Crippen molar-refractivity contribution in [2.45, 2.75) is 26.5 Å². The summed E-state index contributed by atoms with van der Waals surface area (Å²) in [5.41, 5.74) is 1.59. The zero-order valence-corrected chi connectivity index (χ0v) is 14.0. The molecular formula is C17H20N4O3. The highest BCUT2D eigenvalue weighted by atomic mass is 16.5. The fraction of sp³-hybridized carbons (Fsp3) is 0.353. The highest BCUT2D eigenvalue weighted by Gasteiger charge is 2.19. The van der Waals surface area contributed by atoms with Crippen LogP contribution in [0.25, 0.3) is 5.52 Å². The van der Waals surface area contributed by atoms with Crippen molar-refractivity contribution in [3.63, 3.8) is 0 Å². The molecule has 7 heteroatoms. The standard InChI is InChI=1S/C17H20N4O3/c1-4-23-12(2)16-18-15(24-19-16)11-20(3)17(22)13-9-14-7-5-6-8-21(14)10-13/h5-10,12H,4,11H2,1-3H3. The molecule has 0 bridgehead atoms. The van der Waals surface area contributed by atoms with Crippen LogP contribution in [0.5, 0.6) is 0 Å². The lowest BCUT2D eigenvalue weighted by Crippen LogP contribution is -2.26. The zero-order chi connectivity index (χ0) is 17.1. The summed E-state index contributed by atoms with van der Waals surface area (Å²) in [6.45, 7) is 4.59. The van der Waals surface area contributed by atoms with Crippen LogP contribution in [-0.4, -0.2) is 39.0 Å². The highest BCUT2D eigenvalue weighted by molar-refractivity contribution is 5.95. The molecule has 0 aliphatic carbocycles. The van der Waals surface area contributed by atoms with Crippen LogP contribution in [-0.2, 0) is 11.3 Å². The van der Waals surface area contributed by atoms with Crippen molar-refractivity contribution in [2.75, 3.05) is 13.7 Å². The van der Waals surface area contributed by atoms with Crippen LogP contribution in [0.1, 0.15) is 42.0 Å². The van der Waals surface area contributed by atoms with E-state index in [1.807, 2.05) is 54.9 Å². The van der Waals surface area contributed by atoms with Gasteiger partial charge in [0, 0.05) is 31.6 Å². The molecule has 0 saturated carbocycles. The molecule has 3 rings (SSSR count). The Balaban J connectivity index is 1.70. The summed E-state index contributed by atoms with van der Waals surface area (Å²) in [6, 6.07) is 7.67. The highest BCUT2D eigenvalue weighted by Crippen LogP contribution is 2.15. The quantitative estimate of drug-likeness (QED) is 0.695. The predicted octanol–water partition coefficient (Wildman–Crippen LogP) is 2.69. The summed E-state index contributed by atoms with van der Waals surface area (Å²) in [5.74, 6) is 0.773. The molecule has 0 aliphatic rings. The van der Waals surface area contributed by atoms with Crippen LogP contribution in [0.4, 0.5) is 0 Å². The van der Waals surface area contributed by atoms with Crippen molar-refractivity contribution < 1.29 is 14.1 Å². The Morgan fingerprint density at radius 2 is 2.29 bits per heavy atom. The van der Waals surface area contributed by atoms with Gasteiger partial charge in [-0.1, -0.05) is 11.2 Å². The molecule has 0 fully saturated rings. The molecule has 1 amide bonds. The molecule has 24 heavy (non-hydrogen) atoms. The van der Waals surface area contributed by atoms with Gasteiger partial charge >= 0.3 is 0 Å². The predicted molar refractivity (Wildman–Crippen MR) is 87.5 cm³/mol. The van der Waals surface area contributed by atoms with Gasteiger partial charge in [-0.15, -0.1) is 0 Å². The minimum Gasteiger partial charge on any atom is -0.371 e. The van der Waals surface area contributed by atoms with Crippen molar-refractivity contribution in [2.24, 2.45) is 0 Å². The third-order valence-electron chi connectivity index (χ3n) is 3.73. The van der Waals surface area contributed by atoms with Gasteiger partial charge in [-0.2, -0.15) is 4.98 Å². The van der Waals surface area contributed by atoms with Gasteiger partial charge in [0.25, 0.3) is 5.91 Å². The smallest absolute Gasteiger partial charge is 0.255 e. The maximum absolute atomic E-state index is 12.6. The summed E-state index contributed by atoms with van der Waals surface area (Å²) in [7, 11) is 1.71. The van der Waals surface area contributed by atoms with E-state index in [0.29, 0.717) is 23.9 Å². The average Bonchev–Trinajstić information content (AvgIpc) is 3.20. The van der Waals surface area contributed by atoms with Gasteiger partial charge in [0.1, 0.15) is 6.10 Å². The van der Waals surface area contributed by atoms with Gasteiger partial charge in [0.05, 0.1) is 12.1 Å². The molecule has 0 radical (unpaired) electrons. The number of hydrogen-bond donors (Lipinski definition) is 0. The molecule has 0 aromatic carbocycles. The summed E-state index contributed by atoms with van der Waals surface area (Å²) in [6.07, 6.45) is 3.49. The number of pyridine rings is 1. The van der Waals surface area contributed by atoms with E-state index >= 15 is 0 Å². The van der Waals surface area contributed by atoms with Crippen LogP contribution in [0.3, 0.4) is 0 Å². The van der Waals surface area contributed by atoms with Crippen molar-refractivity contribution >= 4 is 11.4 Å². The number of ether oxygens (including phenoxy) is 1. The first kappa shape index (κ1) is 16.2. The lowest BCUT2D eigenvalue weighted by Gasteiger charge is -2.13. The maximum Gasteiger partial charge on any atom is 0.255 e. The lowest BCUT2D eigenvalue weighted by molar-refractivity contribution is 0.0682. The summed E-state index contributed by atoms with van der Waals surface area (Å²) >= 11 is 0. The largest absolute Gasteiger partial charge is 0.371 e. The van der Waals surface area contributed by atoms with Crippen molar-refractivity contribution in [3.05, 3.63) is 53.9 Å². The Morgan fingerprint density at radius 1 is 1.46 bits per heavy atom. The number of aromatic nitrogens is 3. The number of fused-ring (bicyclic) bond motifs is 1. The summed E-state index contributed by atoms with van der Waals surface area (Å²) in [4.78, 5) is 18.4. The first-order valence-electron chi connectivity index (χ1n) is 7.84. The molecule has 0 saturated heterocycles. The molecule has 126 valence electrons. The van der Waals surface area contributed by atoms with Gasteiger partial charge < -0.3 is 18.6 Å². The van der Waals surface area contributed by atoms with Crippen molar-refractivity contribution in [3.8, 4) is 0 Å². The van der Waals surface area contributed by atoms with Gasteiger partial charge in [0.15, 0.2) is 5.82 Å². The van der Waals surface area contributed by atoms with Gasteiger partial charge in [-0.3, -0.25) is 4.79 Å². The van der Waals surface area contributed by atoms with E-state index in [-0.39, 0.29) is 18.6 Å². The Morgan fingerprint density at radius 3 is 3.04 bits per heavy atom. The molecule has 1 atom stereocenters.